The van der Waals surface area contributed by atoms with Crippen LogP contribution in [0.2, 0.25) is 10.0 Å². The Hall–Kier alpha value is -1.72. The zero-order chi connectivity index (χ0) is 15.7. The average molecular weight is 338 g/mol. The molecule has 1 fully saturated rings. The number of carbonyl (C=O) groups excluding carboxylic acids is 2. The third-order valence-corrected chi connectivity index (χ3v) is 4.43. The molecule has 1 saturated carbocycles. The average Bonchev–Trinajstić information content (AvgIpc) is 3.21. The molecule has 1 heterocycles. The Morgan fingerprint density at radius 3 is 2.68 bits per heavy atom. The molecule has 0 unspecified atom stereocenters. The molecule has 5 nitrogen and oxygen atoms in total. The summed E-state index contributed by atoms with van der Waals surface area (Å²) in [6.07, 6.45) is 4.62. The highest BCUT2D eigenvalue weighted by molar-refractivity contribution is 6.38. The lowest BCUT2D eigenvalue weighted by Gasteiger charge is -2.11. The van der Waals surface area contributed by atoms with Gasteiger partial charge in [-0.3, -0.25) is 9.59 Å². The highest BCUT2D eigenvalue weighted by Gasteiger charge is 2.31. The third kappa shape index (κ3) is 3.20. The maximum absolute atomic E-state index is 12.3. The van der Waals surface area contributed by atoms with E-state index < -0.39 is 0 Å². The Morgan fingerprint density at radius 2 is 2.05 bits per heavy atom. The fourth-order valence-electron chi connectivity index (χ4n) is 2.24. The summed E-state index contributed by atoms with van der Waals surface area (Å²) >= 11 is 12.5. The topological polar surface area (TPSA) is 64.8 Å². The molecule has 0 saturated heterocycles. The molecular weight excluding hydrogens is 325 g/mol. The largest absolute Gasteiger partial charge is 0.299 e. The van der Waals surface area contributed by atoms with E-state index in [1.54, 1.807) is 16.8 Å². The van der Waals surface area contributed by atoms with Crippen LogP contribution in [0.3, 0.4) is 0 Å². The van der Waals surface area contributed by atoms with Crippen molar-refractivity contribution in [2.75, 3.05) is 0 Å². The predicted molar refractivity (Wildman–Crippen MR) is 82.3 cm³/mol. The van der Waals surface area contributed by atoms with Gasteiger partial charge in [-0.25, -0.2) is 9.67 Å². The van der Waals surface area contributed by atoms with Gasteiger partial charge in [0, 0.05) is 22.1 Å². The standard InChI is InChI=1S/C15H13Cl2N3O2/c16-12-4-3-10(14(22)5-13(21)9-1-2-9)15(17)11(12)6-20-8-18-7-19-20/h3-4,7-9H,1-2,5-6H2. The van der Waals surface area contributed by atoms with E-state index in [-0.39, 0.29) is 28.9 Å². The summed E-state index contributed by atoms with van der Waals surface area (Å²) in [4.78, 5) is 27.9. The second kappa shape index (κ2) is 6.18. The quantitative estimate of drug-likeness (QED) is 0.599. The van der Waals surface area contributed by atoms with E-state index in [0.29, 0.717) is 22.7 Å². The smallest absolute Gasteiger partial charge is 0.171 e. The Bertz CT molecular complexity index is 725. The highest BCUT2D eigenvalue weighted by atomic mass is 35.5. The third-order valence-electron chi connectivity index (χ3n) is 3.64. The fraction of sp³-hybridized carbons (Fsp3) is 0.333. The predicted octanol–water partition coefficient (Wildman–Crippen LogP) is 3.19. The summed E-state index contributed by atoms with van der Waals surface area (Å²) in [5.41, 5.74) is 0.925. The summed E-state index contributed by atoms with van der Waals surface area (Å²) in [7, 11) is 0. The lowest BCUT2D eigenvalue weighted by atomic mass is 10.0. The van der Waals surface area contributed by atoms with Gasteiger partial charge in [-0.1, -0.05) is 23.2 Å². The number of hydrogen-bond donors (Lipinski definition) is 0. The summed E-state index contributed by atoms with van der Waals surface area (Å²) in [5, 5.41) is 4.72. The first-order chi connectivity index (χ1) is 10.6. The number of benzene rings is 1. The Morgan fingerprint density at radius 1 is 1.27 bits per heavy atom. The zero-order valence-electron chi connectivity index (χ0n) is 11.6. The van der Waals surface area contributed by atoms with Gasteiger partial charge in [-0.05, 0) is 25.0 Å². The van der Waals surface area contributed by atoms with Crippen molar-refractivity contribution in [3.63, 3.8) is 0 Å². The second-order valence-corrected chi connectivity index (χ2v) is 6.11. The van der Waals surface area contributed by atoms with E-state index in [1.807, 2.05) is 0 Å². The van der Waals surface area contributed by atoms with Crippen LogP contribution in [0, 0.1) is 5.92 Å². The van der Waals surface area contributed by atoms with Crippen LogP contribution >= 0.6 is 23.2 Å². The Balaban J connectivity index is 1.85. The SMILES string of the molecule is O=C(CC(=O)C1CC1)c1ccc(Cl)c(Cn2cncn2)c1Cl. The normalized spacial score (nSPS) is 14.1. The van der Waals surface area contributed by atoms with Crippen molar-refractivity contribution in [2.45, 2.75) is 25.8 Å². The maximum atomic E-state index is 12.3. The van der Waals surface area contributed by atoms with Crippen LogP contribution in [-0.2, 0) is 11.3 Å². The minimum Gasteiger partial charge on any atom is -0.299 e. The summed E-state index contributed by atoms with van der Waals surface area (Å²) in [5.74, 6) is -0.211. The molecule has 3 rings (SSSR count). The first kappa shape index (κ1) is 15.2. The molecule has 1 aliphatic carbocycles. The number of ketones is 2. The first-order valence-corrected chi connectivity index (χ1v) is 7.67. The Labute approximate surface area is 137 Å². The van der Waals surface area contributed by atoms with Crippen LogP contribution < -0.4 is 0 Å². The van der Waals surface area contributed by atoms with Crippen molar-refractivity contribution in [3.8, 4) is 0 Å². The van der Waals surface area contributed by atoms with Gasteiger partial charge in [0.1, 0.15) is 18.4 Å². The summed E-state index contributed by atoms with van der Waals surface area (Å²) in [6, 6.07) is 3.19. The molecule has 0 aliphatic heterocycles. The van der Waals surface area contributed by atoms with Gasteiger partial charge in [0.25, 0.3) is 0 Å². The molecule has 0 atom stereocenters. The molecule has 0 N–H and O–H groups in total. The fourth-order valence-corrected chi connectivity index (χ4v) is 2.83. The van der Waals surface area contributed by atoms with E-state index in [1.165, 1.54) is 12.7 Å². The molecule has 1 aromatic heterocycles. The second-order valence-electron chi connectivity index (χ2n) is 5.32. The van der Waals surface area contributed by atoms with Crippen molar-refractivity contribution in [1.82, 2.24) is 14.8 Å². The summed E-state index contributed by atoms with van der Waals surface area (Å²) < 4.78 is 1.57. The molecule has 0 spiro atoms. The number of hydrogen-bond acceptors (Lipinski definition) is 4. The number of aromatic nitrogens is 3. The lowest BCUT2D eigenvalue weighted by molar-refractivity contribution is -0.119. The van der Waals surface area contributed by atoms with Crippen LogP contribution in [0.5, 0.6) is 0 Å². The molecule has 114 valence electrons. The molecule has 1 aliphatic rings. The van der Waals surface area contributed by atoms with Gasteiger partial charge in [-0.2, -0.15) is 5.10 Å². The number of Topliss-reactive ketones (excluding diaryl/α,β-unsaturated/α-hetero) is 2. The van der Waals surface area contributed by atoms with E-state index >= 15 is 0 Å². The number of rotatable bonds is 6. The zero-order valence-corrected chi connectivity index (χ0v) is 13.1. The van der Waals surface area contributed by atoms with Crippen LogP contribution in [0.25, 0.3) is 0 Å². The van der Waals surface area contributed by atoms with Crippen LogP contribution in [0.1, 0.15) is 35.2 Å². The molecule has 7 heteroatoms. The van der Waals surface area contributed by atoms with Gasteiger partial charge < -0.3 is 0 Å². The summed E-state index contributed by atoms with van der Waals surface area (Å²) in [6.45, 7) is 0.315. The van der Waals surface area contributed by atoms with Crippen molar-refractivity contribution in [3.05, 3.63) is 46.0 Å². The number of carbonyl (C=O) groups is 2. The molecule has 0 amide bonds. The van der Waals surface area contributed by atoms with E-state index in [2.05, 4.69) is 10.1 Å². The maximum Gasteiger partial charge on any atom is 0.171 e. The van der Waals surface area contributed by atoms with Crippen molar-refractivity contribution >= 4 is 34.8 Å². The van der Waals surface area contributed by atoms with Crippen molar-refractivity contribution < 1.29 is 9.59 Å². The van der Waals surface area contributed by atoms with Crippen LogP contribution in [0.15, 0.2) is 24.8 Å². The molecule has 0 radical (unpaired) electrons. The van der Waals surface area contributed by atoms with Gasteiger partial charge in [-0.15, -0.1) is 0 Å². The van der Waals surface area contributed by atoms with E-state index in [4.69, 9.17) is 23.2 Å². The van der Waals surface area contributed by atoms with E-state index in [0.717, 1.165) is 12.8 Å². The van der Waals surface area contributed by atoms with Gasteiger partial charge in [0.2, 0.25) is 0 Å². The van der Waals surface area contributed by atoms with Gasteiger partial charge in [0.05, 0.1) is 18.0 Å². The van der Waals surface area contributed by atoms with Crippen LogP contribution in [-0.4, -0.2) is 26.3 Å². The Kier molecular flexibility index (Phi) is 4.27. The number of nitrogens with zero attached hydrogens (tertiary/aromatic N) is 3. The van der Waals surface area contributed by atoms with Gasteiger partial charge in [0.15, 0.2) is 5.78 Å². The minimum absolute atomic E-state index is 0.00570. The lowest BCUT2D eigenvalue weighted by Crippen LogP contribution is -2.11. The van der Waals surface area contributed by atoms with Gasteiger partial charge >= 0.3 is 0 Å². The molecule has 22 heavy (non-hydrogen) atoms. The van der Waals surface area contributed by atoms with E-state index in [9.17, 15) is 9.59 Å². The molecule has 2 aromatic rings. The molecule has 1 aromatic carbocycles. The highest BCUT2D eigenvalue weighted by Crippen LogP contribution is 2.33. The first-order valence-electron chi connectivity index (χ1n) is 6.91. The number of halogens is 2. The van der Waals surface area contributed by atoms with Crippen molar-refractivity contribution in [1.29, 1.82) is 0 Å². The molecular formula is C15H13Cl2N3O2. The van der Waals surface area contributed by atoms with Crippen LogP contribution in [0.4, 0.5) is 0 Å². The van der Waals surface area contributed by atoms with Crippen molar-refractivity contribution in [2.24, 2.45) is 5.92 Å². The minimum atomic E-state index is -0.265. The monoisotopic (exact) mass is 337 g/mol. The molecule has 0 bridgehead atoms.